The van der Waals surface area contributed by atoms with Crippen LogP contribution in [0, 0.1) is 29.1 Å². The topological polar surface area (TPSA) is 35.5 Å². The van der Waals surface area contributed by atoms with Gasteiger partial charge in [0.05, 0.1) is 0 Å². The van der Waals surface area contributed by atoms with Crippen LogP contribution in [0.4, 0.5) is 0 Å². The van der Waals surface area contributed by atoms with Gasteiger partial charge in [-0.3, -0.25) is 4.79 Å². The zero-order valence-corrected chi connectivity index (χ0v) is 10.7. The molecule has 0 radical (unpaired) electrons. The Hall–Kier alpha value is -0.410. The van der Waals surface area contributed by atoms with Gasteiger partial charge < -0.3 is 9.47 Å². The Morgan fingerprint density at radius 1 is 1.19 bits per heavy atom. The molecule has 0 aromatic carbocycles. The molecule has 2 fully saturated rings. The second-order valence-electron chi connectivity index (χ2n) is 5.80. The molecule has 4 atom stereocenters. The van der Waals surface area contributed by atoms with E-state index in [9.17, 15) is 4.79 Å². The summed E-state index contributed by atoms with van der Waals surface area (Å²) in [7, 11) is 3.46. The van der Waals surface area contributed by atoms with Crippen LogP contribution in [0.2, 0.25) is 0 Å². The van der Waals surface area contributed by atoms with E-state index in [0.29, 0.717) is 30.1 Å². The fourth-order valence-corrected chi connectivity index (χ4v) is 3.95. The summed E-state index contributed by atoms with van der Waals surface area (Å²) in [6, 6.07) is 0. The second kappa shape index (κ2) is 4.11. The lowest BCUT2D eigenvalue weighted by molar-refractivity contribution is -0.157. The summed E-state index contributed by atoms with van der Waals surface area (Å²) in [5.74, 6) is 2.10. The number of hydrogen-bond acceptors (Lipinski definition) is 3. The molecule has 4 unspecified atom stereocenters. The number of ketones is 1. The van der Waals surface area contributed by atoms with Crippen LogP contribution in [-0.2, 0) is 14.3 Å². The number of rotatable bonds is 4. The van der Waals surface area contributed by atoms with E-state index in [0.717, 1.165) is 13.0 Å². The SMILES string of the molecule is COCC1CC(COC)C2C1C(=O)C2(C)C. The highest BCUT2D eigenvalue weighted by molar-refractivity contribution is 5.94. The molecule has 0 aliphatic heterocycles. The average Bonchev–Trinajstić information content (AvgIpc) is 2.56. The van der Waals surface area contributed by atoms with E-state index in [1.54, 1.807) is 14.2 Å². The minimum absolute atomic E-state index is 0.143. The predicted octanol–water partition coefficient (Wildman–Crippen LogP) is 1.76. The Morgan fingerprint density at radius 2 is 1.75 bits per heavy atom. The lowest BCUT2D eigenvalue weighted by Gasteiger charge is -2.49. The monoisotopic (exact) mass is 226 g/mol. The van der Waals surface area contributed by atoms with Crippen molar-refractivity contribution in [2.24, 2.45) is 29.1 Å². The lowest BCUT2D eigenvalue weighted by atomic mass is 9.52. The highest BCUT2D eigenvalue weighted by Gasteiger charge is 2.64. The highest BCUT2D eigenvalue weighted by Crippen LogP contribution is 2.60. The maximum absolute atomic E-state index is 12.1. The van der Waals surface area contributed by atoms with Crippen LogP contribution >= 0.6 is 0 Å². The molecule has 0 aromatic heterocycles. The van der Waals surface area contributed by atoms with Crippen molar-refractivity contribution in [1.29, 1.82) is 0 Å². The number of carbonyl (C=O) groups is 1. The summed E-state index contributed by atoms with van der Waals surface area (Å²) in [6.45, 7) is 5.64. The van der Waals surface area contributed by atoms with E-state index in [4.69, 9.17) is 9.47 Å². The van der Waals surface area contributed by atoms with Gasteiger partial charge in [0.1, 0.15) is 5.78 Å². The van der Waals surface area contributed by atoms with Gasteiger partial charge in [0, 0.05) is 38.8 Å². The third-order valence-electron chi connectivity index (χ3n) is 4.54. The molecular formula is C13H22O3. The maximum Gasteiger partial charge on any atom is 0.142 e. The molecule has 0 spiro atoms. The third-order valence-corrected chi connectivity index (χ3v) is 4.54. The van der Waals surface area contributed by atoms with Gasteiger partial charge in [-0.25, -0.2) is 0 Å². The summed E-state index contributed by atoms with van der Waals surface area (Å²) in [5, 5.41) is 0. The van der Waals surface area contributed by atoms with Crippen LogP contribution in [-0.4, -0.2) is 33.2 Å². The summed E-state index contributed by atoms with van der Waals surface area (Å²) in [5.41, 5.74) is -0.143. The van der Waals surface area contributed by atoms with Gasteiger partial charge in [-0.05, 0) is 24.2 Å². The van der Waals surface area contributed by atoms with Gasteiger partial charge in [-0.1, -0.05) is 13.8 Å². The Morgan fingerprint density at radius 3 is 2.31 bits per heavy atom. The fourth-order valence-electron chi connectivity index (χ4n) is 3.95. The fraction of sp³-hybridized carbons (Fsp3) is 0.923. The first-order valence-electron chi connectivity index (χ1n) is 6.06. The molecule has 0 amide bonds. The summed E-state index contributed by atoms with van der Waals surface area (Å²) < 4.78 is 10.5. The standard InChI is InChI=1S/C13H22O3/c1-13(2)11-9(7-16-4)5-8(6-15-3)10(11)12(13)14/h8-11H,5-7H2,1-4H3. The van der Waals surface area contributed by atoms with Gasteiger partial charge in [0.15, 0.2) is 0 Å². The molecule has 16 heavy (non-hydrogen) atoms. The lowest BCUT2D eigenvalue weighted by Crippen LogP contribution is -2.56. The maximum atomic E-state index is 12.1. The van der Waals surface area contributed by atoms with Crippen LogP contribution in [0.5, 0.6) is 0 Å². The van der Waals surface area contributed by atoms with Crippen molar-refractivity contribution in [1.82, 2.24) is 0 Å². The molecule has 0 aromatic rings. The van der Waals surface area contributed by atoms with Crippen molar-refractivity contribution in [3.63, 3.8) is 0 Å². The number of methoxy groups -OCH3 is 2. The summed E-state index contributed by atoms with van der Waals surface area (Å²) in [4.78, 5) is 12.1. The van der Waals surface area contributed by atoms with Gasteiger partial charge in [-0.15, -0.1) is 0 Å². The minimum Gasteiger partial charge on any atom is -0.384 e. The molecule has 2 aliphatic rings. The largest absolute Gasteiger partial charge is 0.384 e. The number of hydrogen-bond donors (Lipinski definition) is 0. The van der Waals surface area contributed by atoms with Crippen LogP contribution in [0.1, 0.15) is 20.3 Å². The molecule has 0 saturated heterocycles. The van der Waals surface area contributed by atoms with Crippen LogP contribution in [0.25, 0.3) is 0 Å². The Balaban J connectivity index is 2.14. The number of carbonyl (C=O) groups excluding carboxylic acids is 1. The Kier molecular flexibility index (Phi) is 3.10. The first kappa shape index (κ1) is 12.1. The average molecular weight is 226 g/mol. The van der Waals surface area contributed by atoms with Crippen molar-refractivity contribution in [3.05, 3.63) is 0 Å². The minimum atomic E-state index is -0.143. The molecule has 3 nitrogen and oxygen atoms in total. The smallest absolute Gasteiger partial charge is 0.142 e. The van der Waals surface area contributed by atoms with Crippen molar-refractivity contribution in [3.8, 4) is 0 Å². The van der Waals surface area contributed by atoms with Crippen molar-refractivity contribution < 1.29 is 14.3 Å². The second-order valence-corrected chi connectivity index (χ2v) is 5.80. The van der Waals surface area contributed by atoms with Crippen molar-refractivity contribution in [2.75, 3.05) is 27.4 Å². The van der Waals surface area contributed by atoms with E-state index >= 15 is 0 Å². The molecule has 2 rings (SSSR count). The van der Waals surface area contributed by atoms with E-state index in [-0.39, 0.29) is 11.3 Å². The predicted molar refractivity (Wildman–Crippen MR) is 61.1 cm³/mol. The highest BCUT2D eigenvalue weighted by atomic mass is 16.5. The quantitative estimate of drug-likeness (QED) is 0.732. The summed E-state index contributed by atoms with van der Waals surface area (Å²) >= 11 is 0. The van der Waals surface area contributed by atoms with E-state index < -0.39 is 0 Å². The molecule has 2 aliphatic carbocycles. The van der Waals surface area contributed by atoms with Crippen LogP contribution < -0.4 is 0 Å². The van der Waals surface area contributed by atoms with Gasteiger partial charge in [-0.2, -0.15) is 0 Å². The first-order chi connectivity index (χ1) is 7.54. The molecule has 92 valence electrons. The normalized spacial score (nSPS) is 40.6. The van der Waals surface area contributed by atoms with Gasteiger partial charge in [0.2, 0.25) is 0 Å². The van der Waals surface area contributed by atoms with E-state index in [1.165, 1.54) is 0 Å². The number of Topliss-reactive ketones (excluding diaryl/α,β-unsaturated/α-hetero) is 1. The molecule has 3 heteroatoms. The zero-order valence-electron chi connectivity index (χ0n) is 10.7. The van der Waals surface area contributed by atoms with Gasteiger partial charge >= 0.3 is 0 Å². The van der Waals surface area contributed by atoms with Crippen molar-refractivity contribution in [2.45, 2.75) is 20.3 Å². The van der Waals surface area contributed by atoms with Crippen LogP contribution in [0.15, 0.2) is 0 Å². The van der Waals surface area contributed by atoms with E-state index in [2.05, 4.69) is 13.8 Å². The zero-order chi connectivity index (χ0) is 11.9. The molecule has 0 N–H and O–H groups in total. The first-order valence-corrected chi connectivity index (χ1v) is 6.06. The Bertz CT molecular complexity index is 285. The number of ether oxygens (including phenoxy) is 2. The molecule has 0 bridgehead atoms. The summed E-state index contributed by atoms with van der Waals surface area (Å²) in [6.07, 6.45) is 1.08. The molecule has 2 saturated carbocycles. The third kappa shape index (κ3) is 1.52. The Labute approximate surface area is 97.5 Å². The van der Waals surface area contributed by atoms with Crippen LogP contribution in [0.3, 0.4) is 0 Å². The molecule has 0 heterocycles. The van der Waals surface area contributed by atoms with Crippen molar-refractivity contribution >= 4 is 5.78 Å². The van der Waals surface area contributed by atoms with E-state index in [1.807, 2.05) is 0 Å². The number of fused-ring (bicyclic) bond motifs is 1. The molecular weight excluding hydrogens is 204 g/mol. The van der Waals surface area contributed by atoms with Gasteiger partial charge in [0.25, 0.3) is 0 Å².